The van der Waals surface area contributed by atoms with Crippen LogP contribution in [0.2, 0.25) is 0 Å². The van der Waals surface area contributed by atoms with E-state index in [0.29, 0.717) is 0 Å². The molecule has 0 amide bonds. The molecule has 0 aliphatic carbocycles. The van der Waals surface area contributed by atoms with Crippen LogP contribution in [0, 0.1) is 0 Å². The summed E-state index contributed by atoms with van der Waals surface area (Å²) in [4.78, 5) is 0. The molecule has 0 aromatic rings. The second kappa shape index (κ2) is 11.7. The molecule has 0 spiro atoms. The summed E-state index contributed by atoms with van der Waals surface area (Å²) < 4.78 is 0. The topological polar surface area (TPSA) is 0 Å². The van der Waals surface area contributed by atoms with E-state index in [1.54, 1.807) is 0 Å². The van der Waals surface area contributed by atoms with Crippen molar-refractivity contribution >= 4 is 161 Å². The van der Waals surface area contributed by atoms with E-state index in [1.807, 2.05) is 0 Å². The molecular formula is BI11. The SMILES string of the molecule is [B]I(I)I(I)I(I)I(I)I(I)I. The van der Waals surface area contributed by atoms with Crippen LogP contribution >= 0.6 is 155 Å². The third-order valence-electron chi connectivity index (χ3n) is 0.348. The van der Waals surface area contributed by atoms with Gasteiger partial charge in [-0.2, -0.15) is 0 Å². The Morgan fingerprint density at radius 3 is 1.33 bits per heavy atom. The van der Waals surface area contributed by atoms with E-state index in [9.17, 15) is 0 Å². The third-order valence-corrected chi connectivity index (χ3v) is 597. The van der Waals surface area contributed by atoms with Crippen LogP contribution in [0.5, 0.6) is 0 Å². The summed E-state index contributed by atoms with van der Waals surface area (Å²) in [6, 6.07) is 0. The van der Waals surface area contributed by atoms with Gasteiger partial charge in [-0.1, -0.05) is 0 Å². The second-order valence-corrected chi connectivity index (χ2v) is 219. The van der Waals surface area contributed by atoms with Crippen molar-refractivity contribution in [3.63, 3.8) is 0 Å². The average Bonchev–Trinajstić information content (AvgIpc) is 2.00. The summed E-state index contributed by atoms with van der Waals surface area (Å²) in [6.45, 7) is 0. The molecule has 2 radical (unpaired) electrons. The molecule has 0 N–H and O–H groups in total. The van der Waals surface area contributed by atoms with Crippen LogP contribution in [0.15, 0.2) is 0 Å². The van der Waals surface area contributed by atoms with E-state index in [4.69, 9.17) is 5.70 Å². The average molecular weight is 1410 g/mol. The van der Waals surface area contributed by atoms with E-state index in [0.717, 1.165) is 0 Å². The molecule has 0 nitrogen and oxygen atoms in total. The number of rotatable bonds is 4. The molecule has 0 aromatic heterocycles. The summed E-state index contributed by atoms with van der Waals surface area (Å²) in [5.74, 6) is 0. The van der Waals surface area contributed by atoms with Gasteiger partial charge in [0.05, 0.1) is 0 Å². The predicted molar refractivity (Wildman–Crippen MR) is 160 cm³/mol. The molecule has 12 heteroatoms. The molecule has 0 saturated heterocycles. The van der Waals surface area contributed by atoms with Gasteiger partial charge < -0.3 is 0 Å². The van der Waals surface area contributed by atoms with Gasteiger partial charge in [-0.15, -0.1) is 0 Å². The van der Waals surface area contributed by atoms with Gasteiger partial charge in [-0.25, -0.2) is 0 Å². The van der Waals surface area contributed by atoms with Crippen LogP contribution < -0.4 is 0 Å². The van der Waals surface area contributed by atoms with Gasteiger partial charge in [0.15, 0.2) is 0 Å². The van der Waals surface area contributed by atoms with Crippen molar-refractivity contribution in [1.29, 1.82) is 0 Å². The molecule has 0 unspecified atom stereocenters. The van der Waals surface area contributed by atoms with Crippen LogP contribution in [-0.2, 0) is 0 Å². The maximum atomic E-state index is 6.15. The molecule has 0 aliphatic heterocycles. The van der Waals surface area contributed by atoms with Gasteiger partial charge in [0.25, 0.3) is 0 Å². The zero-order valence-corrected chi connectivity index (χ0v) is 28.5. The Balaban J connectivity index is 4.08. The Hall–Kier alpha value is 8.09. The maximum absolute atomic E-state index is 6.15. The summed E-state index contributed by atoms with van der Waals surface area (Å²) in [5.41, 5.74) is 6.15. The fourth-order valence-corrected chi connectivity index (χ4v) is 1100. The Labute approximate surface area is 153 Å². The first-order chi connectivity index (χ1) is 5.37. The minimum atomic E-state index is -0.850. The number of hydrogen-bond acceptors (Lipinski definition) is 0. The van der Waals surface area contributed by atoms with Crippen LogP contribution in [0.25, 0.3) is 0 Å². The molecule has 0 fully saturated rings. The Bertz CT molecular complexity index is 104. The molecule has 0 aliphatic rings. The van der Waals surface area contributed by atoms with Crippen LogP contribution in [0.3, 0.4) is 0 Å². The summed E-state index contributed by atoms with van der Waals surface area (Å²) in [6.07, 6.45) is 0. The van der Waals surface area contributed by atoms with Crippen molar-refractivity contribution in [2.45, 2.75) is 0 Å². The van der Waals surface area contributed by atoms with E-state index >= 15 is 0 Å². The van der Waals surface area contributed by atoms with Gasteiger partial charge in [0, 0.05) is 0 Å². The zero-order valence-electron chi connectivity index (χ0n) is 4.73. The van der Waals surface area contributed by atoms with Gasteiger partial charge >= 0.3 is 161 Å². The van der Waals surface area contributed by atoms with Crippen molar-refractivity contribution < 1.29 is 0 Å². The molecule has 0 atom stereocenters. The molecular weight excluding hydrogens is 1410 g/mol. The molecule has 0 saturated carbocycles. The quantitative estimate of drug-likeness (QED) is 0.195. The number of halogens is 11. The minimum absolute atomic E-state index is 0.394. The molecule has 0 rings (SSSR count). The van der Waals surface area contributed by atoms with Crippen LogP contribution in [0.1, 0.15) is 0 Å². The Kier molecular flexibility index (Phi) is 19.6. The zero-order chi connectivity index (χ0) is 9.89. The summed E-state index contributed by atoms with van der Waals surface area (Å²) in [5, 5.41) is 0. The molecule has 0 aromatic carbocycles. The van der Waals surface area contributed by atoms with Crippen molar-refractivity contribution in [1.82, 2.24) is 0 Å². The first-order valence-corrected chi connectivity index (χ1v) is 65.7. The van der Waals surface area contributed by atoms with E-state index < -0.39 is 43.2 Å². The fraction of sp³-hybridized carbons (Fsp3) is 0. The van der Waals surface area contributed by atoms with Crippen molar-refractivity contribution in [3.8, 4) is 0 Å². The number of hydrogen-bond donors (Lipinski definition) is 0. The van der Waals surface area contributed by atoms with Crippen LogP contribution in [0.4, 0.5) is 0 Å². The first kappa shape index (κ1) is 20.1. The Morgan fingerprint density at radius 2 is 1.08 bits per heavy atom. The van der Waals surface area contributed by atoms with Crippen molar-refractivity contribution in [3.05, 3.63) is 0 Å². The van der Waals surface area contributed by atoms with E-state index in [2.05, 4.69) is 112 Å². The molecule has 0 heterocycles. The summed E-state index contributed by atoms with van der Waals surface area (Å²) >= 11 is 15.9. The monoisotopic (exact) mass is 1410 g/mol. The van der Waals surface area contributed by atoms with Gasteiger partial charge in [0.1, 0.15) is 0 Å². The van der Waals surface area contributed by atoms with E-state index in [-0.39, 0.29) is 0 Å². The predicted octanol–water partition coefficient (Wildman–Crippen LogP) is 9.36. The summed E-state index contributed by atoms with van der Waals surface area (Å²) in [7, 11) is -1.79. The van der Waals surface area contributed by atoms with Crippen molar-refractivity contribution in [2.75, 3.05) is 0 Å². The van der Waals surface area contributed by atoms with Gasteiger partial charge in [0.2, 0.25) is 0 Å². The Morgan fingerprint density at radius 1 is 0.667 bits per heavy atom. The molecule has 12 heavy (non-hydrogen) atoms. The van der Waals surface area contributed by atoms with Crippen molar-refractivity contribution in [2.24, 2.45) is 0 Å². The van der Waals surface area contributed by atoms with Gasteiger partial charge in [-0.05, 0) is 0 Å². The fourth-order valence-electron chi connectivity index (χ4n) is 0.101. The molecule has 80 valence electrons. The van der Waals surface area contributed by atoms with E-state index in [1.165, 1.54) is 0 Å². The first-order valence-electron chi connectivity index (χ1n) is 1.65. The third kappa shape index (κ3) is 9.11. The normalized spacial score (nSPS) is 16.7. The standard InChI is InChI=1S/BI11/c1-8(2)10(5)12(7)11(6)9(3)4. The van der Waals surface area contributed by atoms with Crippen LogP contribution in [-0.4, -0.2) is 5.70 Å². The molecule has 0 bridgehead atoms. The second-order valence-electron chi connectivity index (χ2n) is 0.867. The van der Waals surface area contributed by atoms with Gasteiger partial charge in [-0.3, -0.25) is 0 Å².